The van der Waals surface area contributed by atoms with Crippen molar-refractivity contribution in [2.45, 2.75) is 71.3 Å². The Morgan fingerprint density at radius 2 is 1.79 bits per heavy atom. The van der Waals surface area contributed by atoms with Crippen molar-refractivity contribution in [3.63, 3.8) is 0 Å². The van der Waals surface area contributed by atoms with Gasteiger partial charge in [-0.15, -0.1) is 0 Å². The average Bonchev–Trinajstić information content (AvgIpc) is 3.24. The number of rotatable bonds is 6. The maximum absolute atomic E-state index is 14.0. The Hall–Kier alpha value is -2.30. The molecule has 0 aliphatic heterocycles. The second-order valence-corrected chi connectivity index (χ2v) is 9.95. The number of aryl methyl sites for hydroxylation is 1. The number of hydrogen-bond acceptors (Lipinski definition) is 2. The first-order valence-corrected chi connectivity index (χ1v) is 12.6. The van der Waals surface area contributed by atoms with Gasteiger partial charge in [-0.05, 0) is 61.1 Å². The largest absolute Gasteiger partial charge is 0.341 e. The number of nitrogens with zero attached hydrogens (tertiary/aromatic N) is 2. The molecule has 0 radical (unpaired) electrons. The molecule has 1 fully saturated rings. The van der Waals surface area contributed by atoms with E-state index in [1.165, 1.54) is 12.0 Å². The van der Waals surface area contributed by atoms with Crippen molar-refractivity contribution in [2.75, 3.05) is 4.90 Å². The van der Waals surface area contributed by atoms with Crippen molar-refractivity contribution in [1.82, 2.24) is 9.97 Å². The van der Waals surface area contributed by atoms with Gasteiger partial charge in [0, 0.05) is 28.0 Å². The van der Waals surface area contributed by atoms with Crippen molar-refractivity contribution in [1.29, 1.82) is 0 Å². The van der Waals surface area contributed by atoms with Crippen LogP contribution in [0.1, 0.15) is 80.5 Å². The van der Waals surface area contributed by atoms with Gasteiger partial charge >= 0.3 is 0 Å². The zero-order chi connectivity index (χ0) is 23.5. The van der Waals surface area contributed by atoms with E-state index in [0.717, 1.165) is 42.6 Å². The van der Waals surface area contributed by atoms with Crippen LogP contribution in [0.3, 0.4) is 0 Å². The lowest BCUT2D eigenvalue weighted by atomic mass is 9.93. The lowest BCUT2D eigenvalue weighted by molar-refractivity contribution is 0.0965. The Labute approximate surface area is 206 Å². The molecule has 4 rings (SSSR count). The van der Waals surface area contributed by atoms with Gasteiger partial charge in [0.2, 0.25) is 0 Å². The van der Waals surface area contributed by atoms with E-state index < -0.39 is 0 Å². The first-order chi connectivity index (χ1) is 15.9. The number of benzene rings is 2. The fourth-order valence-corrected chi connectivity index (χ4v) is 5.12. The molecule has 0 saturated heterocycles. The Kier molecular flexibility index (Phi) is 7.45. The predicted molar refractivity (Wildman–Crippen MR) is 138 cm³/mol. The molecule has 1 aromatic heterocycles. The van der Waals surface area contributed by atoms with Gasteiger partial charge in [0.15, 0.2) is 0 Å². The molecular formula is C27H31Cl2N3O. The number of aromatic amines is 1. The molecule has 174 valence electrons. The van der Waals surface area contributed by atoms with E-state index in [1.807, 2.05) is 17.9 Å². The highest BCUT2D eigenvalue weighted by atomic mass is 35.5. The van der Waals surface area contributed by atoms with Crippen LogP contribution in [-0.4, -0.2) is 21.9 Å². The standard InChI is InChI=1S/C27H31Cl2N3O/c1-4-24-25(31-26(30-24)22-15-12-19(28)16-23(22)29)27(33)32(20-8-6-5-7-9-20)21-13-10-18(11-14-21)17(2)3/h10-17,20H,4-9H2,1-3H3,(H,30,31). The fourth-order valence-electron chi connectivity index (χ4n) is 4.62. The van der Waals surface area contributed by atoms with E-state index in [9.17, 15) is 4.79 Å². The number of hydrogen-bond donors (Lipinski definition) is 1. The number of aromatic nitrogens is 2. The molecule has 1 aliphatic carbocycles. The minimum atomic E-state index is -0.0522. The van der Waals surface area contributed by atoms with Gasteiger partial charge in [0.05, 0.1) is 5.02 Å². The van der Waals surface area contributed by atoms with Crippen LogP contribution in [0.2, 0.25) is 10.0 Å². The van der Waals surface area contributed by atoms with Crippen molar-refractivity contribution in [3.05, 3.63) is 69.5 Å². The van der Waals surface area contributed by atoms with E-state index in [0.29, 0.717) is 33.9 Å². The molecule has 1 heterocycles. The zero-order valence-electron chi connectivity index (χ0n) is 19.5. The third-order valence-corrected chi connectivity index (χ3v) is 7.07. The van der Waals surface area contributed by atoms with Gasteiger partial charge in [-0.3, -0.25) is 4.79 Å². The van der Waals surface area contributed by atoms with E-state index in [2.05, 4.69) is 43.1 Å². The zero-order valence-corrected chi connectivity index (χ0v) is 21.0. The SMILES string of the molecule is CCc1[nH]c(-c2ccc(Cl)cc2Cl)nc1C(=O)N(c1ccc(C(C)C)cc1)C1CCCCC1. The first kappa shape index (κ1) is 23.8. The molecule has 3 aromatic rings. The summed E-state index contributed by atoms with van der Waals surface area (Å²) in [6.07, 6.45) is 6.21. The summed E-state index contributed by atoms with van der Waals surface area (Å²) in [4.78, 5) is 24.1. The molecule has 6 heteroatoms. The molecular weight excluding hydrogens is 453 g/mol. The minimum Gasteiger partial charge on any atom is -0.341 e. The van der Waals surface area contributed by atoms with Crippen molar-refractivity contribution >= 4 is 34.8 Å². The molecule has 2 aromatic carbocycles. The fraction of sp³-hybridized carbons (Fsp3) is 0.407. The first-order valence-electron chi connectivity index (χ1n) is 11.9. The van der Waals surface area contributed by atoms with Gasteiger partial charge in [-0.25, -0.2) is 4.98 Å². The molecule has 0 unspecified atom stereocenters. The maximum atomic E-state index is 14.0. The van der Waals surface area contributed by atoms with Crippen LogP contribution >= 0.6 is 23.2 Å². The summed E-state index contributed by atoms with van der Waals surface area (Å²) in [7, 11) is 0. The molecule has 1 aliphatic rings. The quantitative estimate of drug-likeness (QED) is 0.385. The highest BCUT2D eigenvalue weighted by Crippen LogP contribution is 2.33. The van der Waals surface area contributed by atoms with Gasteiger partial charge in [-0.1, -0.05) is 75.4 Å². The van der Waals surface area contributed by atoms with Gasteiger partial charge < -0.3 is 9.88 Å². The normalized spacial score (nSPS) is 14.6. The Morgan fingerprint density at radius 3 is 2.39 bits per heavy atom. The Morgan fingerprint density at radius 1 is 1.09 bits per heavy atom. The second-order valence-electron chi connectivity index (χ2n) is 9.10. The summed E-state index contributed by atoms with van der Waals surface area (Å²) < 4.78 is 0. The average molecular weight is 484 g/mol. The molecule has 1 amide bonds. The maximum Gasteiger partial charge on any atom is 0.279 e. The Balaban J connectivity index is 1.74. The Bertz CT molecular complexity index is 1110. The topological polar surface area (TPSA) is 49.0 Å². The van der Waals surface area contributed by atoms with Crippen LogP contribution in [0.5, 0.6) is 0 Å². The van der Waals surface area contributed by atoms with Gasteiger partial charge in [0.25, 0.3) is 5.91 Å². The minimum absolute atomic E-state index is 0.0522. The lowest BCUT2D eigenvalue weighted by Gasteiger charge is -2.34. The third-order valence-electron chi connectivity index (χ3n) is 6.52. The summed E-state index contributed by atoms with van der Waals surface area (Å²) in [5.41, 5.74) is 4.23. The molecule has 33 heavy (non-hydrogen) atoms. The lowest BCUT2D eigenvalue weighted by Crippen LogP contribution is -2.42. The molecule has 1 N–H and O–H groups in total. The van der Waals surface area contributed by atoms with Crippen molar-refractivity contribution < 1.29 is 4.79 Å². The number of anilines is 1. The smallest absolute Gasteiger partial charge is 0.279 e. The summed E-state index contributed by atoms with van der Waals surface area (Å²) in [6, 6.07) is 13.9. The summed E-state index contributed by atoms with van der Waals surface area (Å²) >= 11 is 12.5. The molecule has 4 nitrogen and oxygen atoms in total. The number of amides is 1. The molecule has 1 saturated carbocycles. The predicted octanol–water partition coefficient (Wildman–Crippen LogP) is 8.05. The molecule has 0 bridgehead atoms. The highest BCUT2D eigenvalue weighted by molar-refractivity contribution is 6.36. The van der Waals surface area contributed by atoms with Crippen LogP contribution in [0, 0.1) is 0 Å². The number of nitrogens with one attached hydrogen (secondary N) is 1. The van der Waals surface area contributed by atoms with Crippen LogP contribution in [0.25, 0.3) is 11.4 Å². The molecule has 0 atom stereocenters. The van der Waals surface area contributed by atoms with Crippen molar-refractivity contribution in [3.8, 4) is 11.4 Å². The summed E-state index contributed by atoms with van der Waals surface area (Å²) in [6.45, 7) is 6.39. The summed E-state index contributed by atoms with van der Waals surface area (Å²) in [5, 5.41) is 1.07. The number of imidazole rings is 1. The van der Waals surface area contributed by atoms with Gasteiger partial charge in [0.1, 0.15) is 11.5 Å². The summed E-state index contributed by atoms with van der Waals surface area (Å²) in [5.74, 6) is 0.988. The van der Waals surface area contributed by atoms with Crippen LogP contribution in [0.4, 0.5) is 5.69 Å². The number of H-pyrrole nitrogens is 1. The third kappa shape index (κ3) is 5.12. The number of halogens is 2. The number of carbonyl (C=O) groups excluding carboxylic acids is 1. The van der Waals surface area contributed by atoms with Crippen LogP contribution in [-0.2, 0) is 6.42 Å². The van der Waals surface area contributed by atoms with Crippen molar-refractivity contribution in [2.24, 2.45) is 0 Å². The molecule has 0 spiro atoms. The van der Waals surface area contributed by atoms with Crippen LogP contribution < -0.4 is 4.90 Å². The van der Waals surface area contributed by atoms with Gasteiger partial charge in [-0.2, -0.15) is 0 Å². The highest BCUT2D eigenvalue weighted by Gasteiger charge is 2.31. The van der Waals surface area contributed by atoms with E-state index in [4.69, 9.17) is 28.2 Å². The van der Waals surface area contributed by atoms with E-state index in [-0.39, 0.29) is 11.9 Å². The number of carbonyl (C=O) groups is 1. The van der Waals surface area contributed by atoms with Crippen LogP contribution in [0.15, 0.2) is 42.5 Å². The monoisotopic (exact) mass is 483 g/mol. The van der Waals surface area contributed by atoms with E-state index in [1.54, 1.807) is 12.1 Å². The van der Waals surface area contributed by atoms with E-state index >= 15 is 0 Å². The second kappa shape index (κ2) is 10.3.